The Hall–Kier alpha value is -2.69. The summed E-state index contributed by atoms with van der Waals surface area (Å²) in [6, 6.07) is 9.93. The van der Waals surface area contributed by atoms with Gasteiger partial charge >= 0.3 is 5.97 Å². The van der Waals surface area contributed by atoms with E-state index in [0.717, 1.165) is 30.5 Å². The van der Waals surface area contributed by atoms with Crippen LogP contribution in [0, 0.1) is 0 Å². The van der Waals surface area contributed by atoms with Crippen LogP contribution >= 0.6 is 0 Å². The smallest absolute Gasteiger partial charge is 0.345 e. The van der Waals surface area contributed by atoms with Crippen LogP contribution in [0.5, 0.6) is 0 Å². The predicted octanol–water partition coefficient (Wildman–Crippen LogP) is 2.75. The summed E-state index contributed by atoms with van der Waals surface area (Å²) in [6.07, 6.45) is 5.42. The zero-order valence-corrected chi connectivity index (χ0v) is 13.0. The molecule has 0 N–H and O–H groups in total. The molecule has 118 valence electrons. The number of fused-ring (bicyclic) bond motifs is 1. The molecule has 1 aromatic heterocycles. The number of allylic oxidation sites excluding steroid dienone is 1. The molecule has 0 saturated carbocycles. The molecule has 1 aliphatic heterocycles. The quantitative estimate of drug-likeness (QED) is 0.818. The zero-order chi connectivity index (χ0) is 16.2. The van der Waals surface area contributed by atoms with Gasteiger partial charge in [0.1, 0.15) is 11.4 Å². The molecule has 0 fully saturated rings. The molecule has 0 radical (unpaired) electrons. The van der Waals surface area contributed by atoms with Gasteiger partial charge in [-0.15, -0.1) is 0 Å². The Balaban J connectivity index is 2.03. The maximum absolute atomic E-state index is 12.2. The van der Waals surface area contributed by atoms with Crippen molar-refractivity contribution in [2.75, 3.05) is 6.61 Å². The van der Waals surface area contributed by atoms with Crippen LogP contribution in [-0.4, -0.2) is 22.1 Å². The van der Waals surface area contributed by atoms with Gasteiger partial charge in [-0.25, -0.2) is 4.79 Å². The average Bonchev–Trinajstić information content (AvgIpc) is 2.56. The second-order valence-electron chi connectivity index (χ2n) is 5.38. The van der Waals surface area contributed by atoms with E-state index < -0.39 is 11.5 Å². The molecule has 0 aliphatic carbocycles. The summed E-state index contributed by atoms with van der Waals surface area (Å²) >= 11 is 0. The van der Waals surface area contributed by atoms with E-state index in [4.69, 9.17) is 4.74 Å². The van der Waals surface area contributed by atoms with E-state index in [2.05, 4.69) is 4.98 Å². The fraction of sp³-hybridized carbons (Fsp3) is 0.278. The molecular formula is C18H18N2O3. The molecule has 0 saturated heterocycles. The van der Waals surface area contributed by atoms with Crippen molar-refractivity contribution in [3.05, 3.63) is 63.8 Å². The zero-order valence-electron chi connectivity index (χ0n) is 13.0. The van der Waals surface area contributed by atoms with Crippen molar-refractivity contribution in [3.63, 3.8) is 0 Å². The molecule has 3 rings (SSSR count). The summed E-state index contributed by atoms with van der Waals surface area (Å²) in [5.41, 5.74) is 1.54. The third-order valence-corrected chi connectivity index (χ3v) is 3.76. The van der Waals surface area contributed by atoms with Gasteiger partial charge in [0.25, 0.3) is 5.56 Å². The molecule has 0 unspecified atom stereocenters. The van der Waals surface area contributed by atoms with Crippen molar-refractivity contribution in [1.82, 2.24) is 9.55 Å². The predicted molar refractivity (Wildman–Crippen MR) is 88.0 cm³/mol. The molecule has 0 atom stereocenters. The number of ether oxygens (including phenoxy) is 1. The fourth-order valence-corrected chi connectivity index (χ4v) is 2.71. The first kappa shape index (κ1) is 15.2. The average molecular weight is 310 g/mol. The third kappa shape index (κ3) is 3.23. The van der Waals surface area contributed by atoms with Gasteiger partial charge in [-0.2, -0.15) is 4.98 Å². The molecule has 5 nitrogen and oxygen atoms in total. The Morgan fingerprint density at radius 2 is 2.13 bits per heavy atom. The van der Waals surface area contributed by atoms with Crippen LogP contribution in [0.25, 0.3) is 11.6 Å². The van der Waals surface area contributed by atoms with E-state index >= 15 is 0 Å². The number of hydrogen-bond donors (Lipinski definition) is 0. The van der Waals surface area contributed by atoms with Crippen LogP contribution in [0.1, 0.15) is 41.5 Å². The molecule has 2 aromatic rings. The minimum atomic E-state index is -0.612. The Kier molecular flexibility index (Phi) is 4.37. The van der Waals surface area contributed by atoms with Gasteiger partial charge in [-0.1, -0.05) is 30.3 Å². The molecule has 1 aromatic carbocycles. The summed E-state index contributed by atoms with van der Waals surface area (Å²) in [4.78, 5) is 28.1. The van der Waals surface area contributed by atoms with Gasteiger partial charge in [0.2, 0.25) is 0 Å². The normalized spacial score (nSPS) is 15.3. The number of benzene rings is 1. The molecule has 5 heteroatoms. The summed E-state index contributed by atoms with van der Waals surface area (Å²) in [5, 5.41) is 0. The minimum Gasteiger partial charge on any atom is -0.462 e. The van der Waals surface area contributed by atoms with E-state index in [9.17, 15) is 9.59 Å². The van der Waals surface area contributed by atoms with Crippen molar-refractivity contribution in [3.8, 4) is 0 Å². The lowest BCUT2D eigenvalue weighted by atomic mass is 10.0. The van der Waals surface area contributed by atoms with Crippen molar-refractivity contribution in [2.45, 2.75) is 26.3 Å². The number of aromatic nitrogens is 2. The minimum absolute atomic E-state index is 0.00318. The van der Waals surface area contributed by atoms with Crippen molar-refractivity contribution < 1.29 is 9.53 Å². The third-order valence-electron chi connectivity index (χ3n) is 3.76. The highest BCUT2D eigenvalue weighted by atomic mass is 16.5. The standard InChI is InChI=1S/C18H18N2O3/c1-2-23-18(22)15-12-20-10-6-9-14(16(20)19-17(15)21)11-13-7-4-3-5-8-13/h3-5,7-8,11-12H,2,6,9-10H2,1H3/b14-11+. The van der Waals surface area contributed by atoms with E-state index in [0.29, 0.717) is 5.82 Å². The van der Waals surface area contributed by atoms with E-state index in [1.807, 2.05) is 41.0 Å². The number of nitrogens with zero attached hydrogens (tertiary/aromatic N) is 2. The molecule has 23 heavy (non-hydrogen) atoms. The summed E-state index contributed by atoms with van der Waals surface area (Å²) in [7, 11) is 0. The van der Waals surface area contributed by atoms with Crippen LogP contribution in [0.2, 0.25) is 0 Å². The molecule has 2 heterocycles. The highest BCUT2D eigenvalue weighted by molar-refractivity contribution is 5.89. The molecule has 0 amide bonds. The van der Waals surface area contributed by atoms with Gasteiger partial charge in [0, 0.05) is 12.7 Å². The van der Waals surface area contributed by atoms with Crippen molar-refractivity contribution >= 4 is 17.6 Å². The summed E-state index contributed by atoms with van der Waals surface area (Å²) in [6.45, 7) is 2.68. The second-order valence-corrected chi connectivity index (χ2v) is 5.38. The van der Waals surface area contributed by atoms with E-state index in [1.165, 1.54) is 0 Å². The van der Waals surface area contributed by atoms with Gasteiger partial charge in [0.15, 0.2) is 0 Å². The first-order valence-corrected chi connectivity index (χ1v) is 7.73. The lowest BCUT2D eigenvalue weighted by Crippen LogP contribution is -2.27. The van der Waals surface area contributed by atoms with Crippen molar-refractivity contribution in [2.24, 2.45) is 0 Å². The van der Waals surface area contributed by atoms with Crippen LogP contribution in [-0.2, 0) is 11.3 Å². The van der Waals surface area contributed by atoms with Crippen LogP contribution in [0.15, 0.2) is 41.3 Å². The number of carbonyl (C=O) groups is 1. The largest absolute Gasteiger partial charge is 0.462 e. The highest BCUT2D eigenvalue weighted by Crippen LogP contribution is 2.26. The Labute approximate surface area is 134 Å². The lowest BCUT2D eigenvalue weighted by molar-refractivity contribution is 0.0523. The van der Waals surface area contributed by atoms with E-state index in [1.54, 1.807) is 13.1 Å². The molecule has 1 aliphatic rings. The second kappa shape index (κ2) is 6.60. The van der Waals surface area contributed by atoms with Gasteiger partial charge < -0.3 is 9.30 Å². The van der Waals surface area contributed by atoms with Gasteiger partial charge in [0.05, 0.1) is 6.61 Å². The maximum Gasteiger partial charge on any atom is 0.345 e. The summed E-state index contributed by atoms with van der Waals surface area (Å²) < 4.78 is 6.78. The first-order valence-electron chi connectivity index (χ1n) is 7.73. The molecule has 0 bridgehead atoms. The van der Waals surface area contributed by atoms with Crippen LogP contribution < -0.4 is 5.56 Å². The maximum atomic E-state index is 12.2. The Morgan fingerprint density at radius 3 is 2.87 bits per heavy atom. The SMILES string of the molecule is CCOC(=O)c1cn2c(nc1=O)/C(=C/c1ccccc1)CCC2. The molecular weight excluding hydrogens is 292 g/mol. The number of hydrogen-bond acceptors (Lipinski definition) is 4. The van der Waals surface area contributed by atoms with Gasteiger partial charge in [-0.3, -0.25) is 4.79 Å². The monoisotopic (exact) mass is 310 g/mol. The number of rotatable bonds is 3. The topological polar surface area (TPSA) is 61.2 Å². The highest BCUT2D eigenvalue weighted by Gasteiger charge is 2.20. The number of carbonyl (C=O) groups excluding carboxylic acids is 1. The van der Waals surface area contributed by atoms with E-state index in [-0.39, 0.29) is 12.2 Å². The fourth-order valence-electron chi connectivity index (χ4n) is 2.71. The van der Waals surface area contributed by atoms with Crippen LogP contribution in [0.3, 0.4) is 0 Å². The summed E-state index contributed by atoms with van der Waals surface area (Å²) in [5.74, 6) is 0.0256. The number of esters is 1. The Bertz CT molecular complexity index is 807. The first-order chi connectivity index (χ1) is 11.2. The van der Waals surface area contributed by atoms with Crippen molar-refractivity contribution in [1.29, 1.82) is 0 Å². The van der Waals surface area contributed by atoms with Gasteiger partial charge in [-0.05, 0) is 37.0 Å². The Morgan fingerprint density at radius 1 is 1.35 bits per heavy atom. The lowest BCUT2D eigenvalue weighted by Gasteiger charge is -2.21. The number of aryl methyl sites for hydroxylation is 1. The van der Waals surface area contributed by atoms with Crippen LogP contribution in [0.4, 0.5) is 0 Å². The molecule has 0 spiro atoms.